The molecule has 0 aromatic heterocycles. The third-order valence-electron chi connectivity index (χ3n) is 3.57. The van der Waals surface area contributed by atoms with Crippen LogP contribution in [0, 0.1) is 5.92 Å². The van der Waals surface area contributed by atoms with E-state index < -0.39 is 12.2 Å². The third kappa shape index (κ3) is 2.09. The van der Waals surface area contributed by atoms with Gasteiger partial charge < -0.3 is 9.84 Å². The van der Waals surface area contributed by atoms with Crippen molar-refractivity contribution < 1.29 is 19.4 Å². The molecule has 17 heavy (non-hydrogen) atoms. The highest BCUT2D eigenvalue weighted by atomic mass is 16.5. The van der Waals surface area contributed by atoms with Crippen molar-refractivity contribution in [3.8, 4) is 0 Å². The Hall–Kier alpha value is -0.940. The second kappa shape index (κ2) is 4.74. The molecule has 0 saturated carbocycles. The predicted molar refractivity (Wildman–Crippen MR) is 60.1 cm³/mol. The zero-order valence-corrected chi connectivity index (χ0v) is 10.3. The van der Waals surface area contributed by atoms with Gasteiger partial charge in [0.1, 0.15) is 12.2 Å². The van der Waals surface area contributed by atoms with Gasteiger partial charge in [-0.2, -0.15) is 0 Å². The number of likely N-dealkylation sites (tertiary alicyclic amines) is 1. The van der Waals surface area contributed by atoms with E-state index >= 15 is 0 Å². The number of imide groups is 1. The van der Waals surface area contributed by atoms with Gasteiger partial charge in [0, 0.05) is 12.6 Å². The third-order valence-corrected chi connectivity index (χ3v) is 3.57. The van der Waals surface area contributed by atoms with Crippen molar-refractivity contribution in [3.05, 3.63) is 0 Å². The van der Waals surface area contributed by atoms with E-state index in [9.17, 15) is 9.59 Å². The Morgan fingerprint density at radius 1 is 1.29 bits per heavy atom. The molecule has 0 aromatic carbocycles. The van der Waals surface area contributed by atoms with Crippen LogP contribution in [-0.2, 0) is 14.3 Å². The van der Waals surface area contributed by atoms with Crippen molar-refractivity contribution in [2.75, 3.05) is 6.61 Å². The first kappa shape index (κ1) is 12.5. The van der Waals surface area contributed by atoms with E-state index in [1.807, 2.05) is 13.8 Å². The number of morpholine rings is 1. The van der Waals surface area contributed by atoms with Crippen molar-refractivity contribution in [2.45, 2.75) is 51.4 Å². The molecule has 0 aliphatic carbocycles. The zero-order chi connectivity index (χ0) is 12.6. The first-order chi connectivity index (χ1) is 8.06. The summed E-state index contributed by atoms with van der Waals surface area (Å²) in [5.41, 5.74) is 0. The van der Waals surface area contributed by atoms with Gasteiger partial charge in [0.2, 0.25) is 0 Å². The number of hydrogen-bond acceptors (Lipinski definition) is 4. The van der Waals surface area contributed by atoms with Crippen LogP contribution in [0.4, 0.5) is 0 Å². The van der Waals surface area contributed by atoms with Crippen LogP contribution < -0.4 is 0 Å². The van der Waals surface area contributed by atoms with Gasteiger partial charge in [-0.1, -0.05) is 13.8 Å². The topological polar surface area (TPSA) is 66.8 Å². The molecule has 2 heterocycles. The average molecular weight is 241 g/mol. The Kier molecular flexibility index (Phi) is 3.49. The smallest absolute Gasteiger partial charge is 0.258 e. The maximum Gasteiger partial charge on any atom is 0.258 e. The predicted octanol–water partition coefficient (Wildman–Crippen LogP) is 0.310. The van der Waals surface area contributed by atoms with Gasteiger partial charge in [-0.3, -0.25) is 14.5 Å². The van der Waals surface area contributed by atoms with Crippen LogP contribution in [0.5, 0.6) is 0 Å². The molecular formula is C12H19NO4. The van der Waals surface area contributed by atoms with Crippen molar-refractivity contribution in [2.24, 2.45) is 5.92 Å². The molecular weight excluding hydrogens is 222 g/mol. The van der Waals surface area contributed by atoms with Gasteiger partial charge >= 0.3 is 0 Å². The molecule has 2 fully saturated rings. The molecule has 3 atom stereocenters. The first-order valence-corrected chi connectivity index (χ1v) is 6.19. The fourth-order valence-corrected chi connectivity index (χ4v) is 2.64. The van der Waals surface area contributed by atoms with E-state index in [0.717, 1.165) is 0 Å². The fourth-order valence-electron chi connectivity index (χ4n) is 2.64. The van der Waals surface area contributed by atoms with Crippen LogP contribution in [0.2, 0.25) is 0 Å². The van der Waals surface area contributed by atoms with Crippen LogP contribution in [0.15, 0.2) is 0 Å². The van der Waals surface area contributed by atoms with Crippen molar-refractivity contribution in [3.63, 3.8) is 0 Å². The molecule has 96 valence electrons. The summed E-state index contributed by atoms with van der Waals surface area (Å²) in [5.74, 6) is -0.306. The molecule has 2 bridgehead atoms. The van der Waals surface area contributed by atoms with Crippen molar-refractivity contribution in [1.82, 2.24) is 4.90 Å². The van der Waals surface area contributed by atoms with E-state index in [1.165, 1.54) is 4.90 Å². The average Bonchev–Trinajstić information content (AvgIpc) is 2.72. The maximum absolute atomic E-state index is 12.1. The van der Waals surface area contributed by atoms with Crippen LogP contribution in [-0.4, -0.2) is 46.7 Å². The van der Waals surface area contributed by atoms with Gasteiger partial charge in [0.05, 0.1) is 0 Å². The SMILES string of the molecule is CC(C)C(CCO)N1C(=O)C2CCC(O2)C1=O. The lowest BCUT2D eigenvalue weighted by atomic mass is 9.98. The molecule has 3 unspecified atom stereocenters. The number of carbonyl (C=O) groups excluding carboxylic acids is 2. The van der Waals surface area contributed by atoms with E-state index in [1.54, 1.807) is 0 Å². The monoisotopic (exact) mass is 241 g/mol. The number of carbonyl (C=O) groups is 2. The molecule has 2 amide bonds. The molecule has 0 radical (unpaired) electrons. The summed E-state index contributed by atoms with van der Waals surface area (Å²) in [6.07, 6.45) is 0.815. The normalized spacial score (nSPS) is 30.2. The maximum atomic E-state index is 12.1. The quantitative estimate of drug-likeness (QED) is 0.719. The molecule has 2 saturated heterocycles. The zero-order valence-electron chi connectivity index (χ0n) is 10.3. The summed E-state index contributed by atoms with van der Waals surface area (Å²) in [7, 11) is 0. The summed E-state index contributed by atoms with van der Waals surface area (Å²) in [5, 5.41) is 9.06. The van der Waals surface area contributed by atoms with E-state index in [4.69, 9.17) is 9.84 Å². The molecule has 2 rings (SSSR count). The first-order valence-electron chi connectivity index (χ1n) is 6.19. The number of aliphatic hydroxyl groups is 1. The fraction of sp³-hybridized carbons (Fsp3) is 0.833. The van der Waals surface area contributed by atoms with Crippen LogP contribution in [0.3, 0.4) is 0 Å². The number of amides is 2. The lowest BCUT2D eigenvalue weighted by Crippen LogP contribution is -2.57. The van der Waals surface area contributed by atoms with Gasteiger partial charge in [0.15, 0.2) is 0 Å². The Morgan fingerprint density at radius 3 is 2.24 bits per heavy atom. The van der Waals surface area contributed by atoms with Gasteiger partial charge in [-0.15, -0.1) is 0 Å². The van der Waals surface area contributed by atoms with Crippen LogP contribution in [0.1, 0.15) is 33.1 Å². The largest absolute Gasteiger partial charge is 0.396 e. The Labute approximate surface area is 101 Å². The molecule has 1 N–H and O–H groups in total. The molecule has 0 aromatic rings. The van der Waals surface area contributed by atoms with E-state index in [2.05, 4.69) is 0 Å². The molecule has 5 heteroatoms. The van der Waals surface area contributed by atoms with E-state index in [0.29, 0.717) is 19.3 Å². The molecule has 5 nitrogen and oxygen atoms in total. The van der Waals surface area contributed by atoms with E-state index in [-0.39, 0.29) is 30.4 Å². The molecule has 2 aliphatic heterocycles. The molecule has 0 spiro atoms. The highest BCUT2D eigenvalue weighted by molar-refractivity contribution is 6.02. The Morgan fingerprint density at radius 2 is 1.82 bits per heavy atom. The lowest BCUT2D eigenvalue weighted by Gasteiger charge is -2.37. The van der Waals surface area contributed by atoms with Gasteiger partial charge in [0.25, 0.3) is 11.8 Å². The Balaban J connectivity index is 2.22. The van der Waals surface area contributed by atoms with Gasteiger partial charge in [-0.05, 0) is 25.2 Å². The number of rotatable bonds is 4. The van der Waals surface area contributed by atoms with Crippen LogP contribution in [0.25, 0.3) is 0 Å². The summed E-state index contributed by atoms with van der Waals surface area (Å²) >= 11 is 0. The van der Waals surface area contributed by atoms with Crippen LogP contribution >= 0.6 is 0 Å². The second-order valence-electron chi connectivity index (χ2n) is 5.06. The van der Waals surface area contributed by atoms with Crippen molar-refractivity contribution >= 4 is 11.8 Å². The summed E-state index contributed by atoms with van der Waals surface area (Å²) in [6, 6.07) is -0.216. The Bertz CT molecular complexity index is 306. The summed E-state index contributed by atoms with van der Waals surface area (Å²) < 4.78 is 5.36. The number of fused-ring (bicyclic) bond motifs is 2. The minimum absolute atomic E-state index is 0.0178. The summed E-state index contributed by atoms with van der Waals surface area (Å²) in [4.78, 5) is 25.6. The number of aliphatic hydroxyl groups excluding tert-OH is 1. The highest BCUT2D eigenvalue weighted by Gasteiger charge is 2.49. The standard InChI is InChI=1S/C12H19NO4/c1-7(2)8(5-6-14)13-11(15)9-3-4-10(17-9)12(13)16/h7-10,14H,3-6H2,1-2H3. The van der Waals surface area contributed by atoms with Crippen molar-refractivity contribution in [1.29, 1.82) is 0 Å². The second-order valence-corrected chi connectivity index (χ2v) is 5.06. The number of ether oxygens (including phenoxy) is 1. The van der Waals surface area contributed by atoms with Gasteiger partial charge in [-0.25, -0.2) is 0 Å². The highest BCUT2D eigenvalue weighted by Crippen LogP contribution is 2.31. The summed E-state index contributed by atoms with van der Waals surface area (Å²) in [6.45, 7) is 3.90. The minimum atomic E-state index is -0.447. The lowest BCUT2D eigenvalue weighted by molar-refractivity contribution is -0.173. The number of hydrogen-bond donors (Lipinski definition) is 1. The number of nitrogens with zero attached hydrogens (tertiary/aromatic N) is 1. The minimum Gasteiger partial charge on any atom is -0.396 e. The molecule has 2 aliphatic rings.